The molecule has 18 heavy (non-hydrogen) atoms. The molecule has 1 aliphatic heterocycles. The summed E-state index contributed by atoms with van der Waals surface area (Å²) in [5.74, 6) is 0.280. The molecule has 3 rings (SSSR count). The molecule has 1 unspecified atom stereocenters. The van der Waals surface area contributed by atoms with Gasteiger partial charge in [-0.3, -0.25) is 4.79 Å². The van der Waals surface area contributed by atoms with E-state index in [-0.39, 0.29) is 11.9 Å². The third-order valence-corrected chi connectivity index (χ3v) is 3.81. The summed E-state index contributed by atoms with van der Waals surface area (Å²) in [6.45, 7) is 3.72. The third-order valence-electron chi connectivity index (χ3n) is 3.81. The predicted octanol–water partition coefficient (Wildman–Crippen LogP) is 1.85. The topological polar surface area (TPSA) is 32.3 Å². The van der Waals surface area contributed by atoms with Gasteiger partial charge in [0.25, 0.3) is 0 Å². The van der Waals surface area contributed by atoms with Crippen LogP contribution in [0.15, 0.2) is 24.3 Å². The van der Waals surface area contributed by atoms with Crippen LogP contribution in [0, 0.1) is 6.92 Å². The molecular weight excluding hydrogens is 224 g/mol. The lowest BCUT2D eigenvalue weighted by molar-refractivity contribution is -0.129. The Balaban J connectivity index is 1.59. The van der Waals surface area contributed by atoms with Crippen LogP contribution < -0.4 is 5.32 Å². The number of rotatable bonds is 4. The summed E-state index contributed by atoms with van der Waals surface area (Å²) in [4.78, 5) is 14.2. The summed E-state index contributed by atoms with van der Waals surface area (Å²) >= 11 is 0. The second kappa shape index (κ2) is 4.73. The second-order valence-corrected chi connectivity index (χ2v) is 5.53. The van der Waals surface area contributed by atoms with Crippen LogP contribution in [-0.4, -0.2) is 29.4 Å². The number of hydrogen-bond donors (Lipinski definition) is 1. The highest BCUT2D eigenvalue weighted by Gasteiger charge is 2.35. The molecule has 1 aromatic rings. The first-order valence-electron chi connectivity index (χ1n) is 6.83. The fourth-order valence-electron chi connectivity index (χ4n) is 2.50. The maximum Gasteiger partial charge on any atom is 0.240 e. The van der Waals surface area contributed by atoms with E-state index in [0.717, 1.165) is 19.5 Å². The van der Waals surface area contributed by atoms with Crippen LogP contribution in [0.1, 0.15) is 30.4 Å². The van der Waals surface area contributed by atoms with E-state index in [1.165, 1.54) is 24.0 Å². The van der Waals surface area contributed by atoms with Crippen LogP contribution in [0.25, 0.3) is 0 Å². The maximum absolute atomic E-state index is 12.2. The minimum absolute atomic E-state index is 0.0722. The Hall–Kier alpha value is -1.35. The highest BCUT2D eigenvalue weighted by Crippen LogP contribution is 2.23. The van der Waals surface area contributed by atoms with E-state index in [1.807, 2.05) is 4.90 Å². The van der Waals surface area contributed by atoms with Gasteiger partial charge in [0.15, 0.2) is 0 Å². The van der Waals surface area contributed by atoms with Gasteiger partial charge in [0, 0.05) is 19.1 Å². The standard InChI is InChI=1S/C15H20N2O/c1-11-2-4-12(5-3-11)10-17-9-8-14(15(17)18)16-13-6-7-13/h2-5,13-14,16H,6-10H2,1H3. The van der Waals surface area contributed by atoms with Crippen LogP contribution in [-0.2, 0) is 11.3 Å². The smallest absolute Gasteiger partial charge is 0.240 e. The van der Waals surface area contributed by atoms with E-state index >= 15 is 0 Å². The Morgan fingerprint density at radius 1 is 1.22 bits per heavy atom. The summed E-state index contributed by atoms with van der Waals surface area (Å²) in [5.41, 5.74) is 2.49. The van der Waals surface area contributed by atoms with Gasteiger partial charge in [0.05, 0.1) is 6.04 Å². The zero-order valence-corrected chi connectivity index (χ0v) is 10.9. The molecular formula is C15H20N2O. The van der Waals surface area contributed by atoms with Crippen molar-refractivity contribution in [1.29, 1.82) is 0 Å². The number of carbonyl (C=O) groups excluding carboxylic acids is 1. The highest BCUT2D eigenvalue weighted by molar-refractivity contribution is 5.84. The molecule has 0 aromatic heterocycles. The molecule has 1 saturated carbocycles. The molecule has 1 N–H and O–H groups in total. The van der Waals surface area contributed by atoms with Crippen LogP contribution in [0.3, 0.4) is 0 Å². The molecule has 1 aromatic carbocycles. The normalized spacial score (nSPS) is 23.7. The SMILES string of the molecule is Cc1ccc(CN2CCC(NC3CC3)C2=O)cc1. The Kier molecular flexibility index (Phi) is 3.08. The summed E-state index contributed by atoms with van der Waals surface area (Å²) in [6, 6.07) is 9.13. The third kappa shape index (κ3) is 2.56. The van der Waals surface area contributed by atoms with Crippen molar-refractivity contribution in [2.45, 2.75) is 44.8 Å². The molecule has 2 aliphatic rings. The highest BCUT2D eigenvalue weighted by atomic mass is 16.2. The van der Waals surface area contributed by atoms with Gasteiger partial charge in [-0.2, -0.15) is 0 Å². The van der Waals surface area contributed by atoms with Crippen molar-refractivity contribution in [3.8, 4) is 0 Å². The van der Waals surface area contributed by atoms with Crippen molar-refractivity contribution in [1.82, 2.24) is 10.2 Å². The molecule has 0 bridgehead atoms. The van der Waals surface area contributed by atoms with Crippen molar-refractivity contribution in [3.05, 3.63) is 35.4 Å². The number of hydrogen-bond acceptors (Lipinski definition) is 2. The van der Waals surface area contributed by atoms with Crippen LogP contribution in [0.2, 0.25) is 0 Å². The molecule has 3 heteroatoms. The zero-order valence-electron chi connectivity index (χ0n) is 10.9. The van der Waals surface area contributed by atoms with Gasteiger partial charge < -0.3 is 10.2 Å². The van der Waals surface area contributed by atoms with E-state index in [0.29, 0.717) is 6.04 Å². The van der Waals surface area contributed by atoms with Gasteiger partial charge in [-0.05, 0) is 31.7 Å². The first-order chi connectivity index (χ1) is 8.72. The summed E-state index contributed by atoms with van der Waals surface area (Å²) in [7, 11) is 0. The van der Waals surface area contributed by atoms with Crippen LogP contribution in [0.5, 0.6) is 0 Å². The van der Waals surface area contributed by atoms with E-state index in [4.69, 9.17) is 0 Å². The van der Waals surface area contributed by atoms with Crippen molar-refractivity contribution in [3.63, 3.8) is 0 Å². The van der Waals surface area contributed by atoms with E-state index in [1.54, 1.807) is 0 Å². The van der Waals surface area contributed by atoms with Crippen LogP contribution >= 0.6 is 0 Å². The van der Waals surface area contributed by atoms with Gasteiger partial charge in [0.2, 0.25) is 5.91 Å². The molecule has 1 aliphatic carbocycles. The fraction of sp³-hybridized carbons (Fsp3) is 0.533. The maximum atomic E-state index is 12.2. The number of nitrogens with zero attached hydrogens (tertiary/aromatic N) is 1. The molecule has 1 atom stereocenters. The number of amides is 1. The number of likely N-dealkylation sites (tertiary alicyclic amines) is 1. The molecule has 1 saturated heterocycles. The minimum atomic E-state index is 0.0722. The monoisotopic (exact) mass is 244 g/mol. The number of nitrogens with one attached hydrogen (secondary N) is 1. The first kappa shape index (κ1) is 11.7. The number of carbonyl (C=O) groups is 1. The Bertz CT molecular complexity index is 436. The van der Waals surface area contributed by atoms with Crippen molar-refractivity contribution in [2.75, 3.05) is 6.54 Å². The Morgan fingerprint density at radius 3 is 2.61 bits per heavy atom. The van der Waals surface area contributed by atoms with E-state index < -0.39 is 0 Å². The average molecular weight is 244 g/mol. The lowest BCUT2D eigenvalue weighted by Gasteiger charge is -2.17. The molecule has 0 radical (unpaired) electrons. The van der Waals surface area contributed by atoms with Gasteiger partial charge in [-0.15, -0.1) is 0 Å². The summed E-state index contributed by atoms with van der Waals surface area (Å²) < 4.78 is 0. The Morgan fingerprint density at radius 2 is 1.94 bits per heavy atom. The molecule has 2 fully saturated rings. The molecule has 1 heterocycles. The lowest BCUT2D eigenvalue weighted by atomic mass is 10.1. The molecule has 96 valence electrons. The van der Waals surface area contributed by atoms with Crippen molar-refractivity contribution < 1.29 is 4.79 Å². The van der Waals surface area contributed by atoms with Crippen molar-refractivity contribution >= 4 is 5.91 Å². The zero-order chi connectivity index (χ0) is 12.5. The quantitative estimate of drug-likeness (QED) is 0.876. The number of benzene rings is 1. The minimum Gasteiger partial charge on any atom is -0.337 e. The molecule has 1 amide bonds. The lowest BCUT2D eigenvalue weighted by Crippen LogP contribution is -2.39. The van der Waals surface area contributed by atoms with Gasteiger partial charge in [0.1, 0.15) is 0 Å². The summed E-state index contributed by atoms with van der Waals surface area (Å²) in [5, 5.41) is 3.44. The van der Waals surface area contributed by atoms with Gasteiger partial charge >= 0.3 is 0 Å². The predicted molar refractivity (Wildman–Crippen MR) is 71.2 cm³/mol. The fourth-order valence-corrected chi connectivity index (χ4v) is 2.50. The second-order valence-electron chi connectivity index (χ2n) is 5.53. The number of aryl methyl sites for hydroxylation is 1. The van der Waals surface area contributed by atoms with Gasteiger partial charge in [-0.25, -0.2) is 0 Å². The largest absolute Gasteiger partial charge is 0.337 e. The van der Waals surface area contributed by atoms with Gasteiger partial charge in [-0.1, -0.05) is 29.8 Å². The van der Waals surface area contributed by atoms with Crippen molar-refractivity contribution in [2.24, 2.45) is 0 Å². The van der Waals surface area contributed by atoms with E-state index in [9.17, 15) is 4.79 Å². The first-order valence-corrected chi connectivity index (χ1v) is 6.83. The molecule has 3 nitrogen and oxygen atoms in total. The van der Waals surface area contributed by atoms with Crippen LogP contribution in [0.4, 0.5) is 0 Å². The Labute approximate surface area is 108 Å². The van der Waals surface area contributed by atoms with E-state index in [2.05, 4.69) is 36.5 Å². The summed E-state index contributed by atoms with van der Waals surface area (Å²) in [6.07, 6.45) is 3.44. The average Bonchev–Trinajstić information content (AvgIpc) is 3.12. The molecule has 0 spiro atoms.